The number of nitrogens with zero attached hydrogens (tertiary/aromatic N) is 2. The molecule has 18 heteroatoms. The van der Waals surface area contributed by atoms with Gasteiger partial charge in [-0.05, 0) is 33.6 Å². The van der Waals surface area contributed by atoms with Gasteiger partial charge >= 0.3 is 24.5 Å². The van der Waals surface area contributed by atoms with Crippen LogP contribution in [0.2, 0.25) is 0 Å². The lowest BCUT2D eigenvalue weighted by atomic mass is 10.1. The van der Waals surface area contributed by atoms with Gasteiger partial charge in [0.1, 0.15) is 10.7 Å². The molecular formula is C24H18BrClF9N3O4. The summed E-state index contributed by atoms with van der Waals surface area (Å²) in [7, 11) is 1.58. The summed E-state index contributed by atoms with van der Waals surface area (Å²) in [6.45, 7) is -0.756. The van der Waals surface area contributed by atoms with Crippen LogP contribution < -0.4 is 10.2 Å². The molecule has 0 saturated heterocycles. The van der Waals surface area contributed by atoms with E-state index in [2.05, 4.69) is 20.7 Å². The molecule has 2 unspecified atom stereocenters. The Balaban J connectivity index is 2.45. The third-order valence-electron chi connectivity index (χ3n) is 5.82. The zero-order valence-electron chi connectivity index (χ0n) is 21.1. The van der Waals surface area contributed by atoms with E-state index >= 15 is 0 Å². The minimum Gasteiger partial charge on any atom is -0.466 e. The number of hydrogen-bond acceptors (Lipinski definition) is 6. The molecule has 2 aromatic carbocycles. The average Bonchev–Trinajstić information content (AvgIpc) is 2.88. The van der Waals surface area contributed by atoms with Crippen molar-refractivity contribution in [3.63, 3.8) is 0 Å². The number of halogens is 11. The number of alkyl halides is 9. The molecule has 1 amide bonds. The fraction of sp³-hybridized carbons (Fsp3) is 0.333. The summed E-state index contributed by atoms with van der Waals surface area (Å²) in [5, 5.41) is 0.652. The molecule has 0 bridgehead atoms. The lowest BCUT2D eigenvalue weighted by Crippen LogP contribution is -2.66. The number of rotatable bonds is 7. The lowest BCUT2D eigenvalue weighted by Gasteiger charge is -2.47. The van der Waals surface area contributed by atoms with Crippen molar-refractivity contribution in [2.45, 2.75) is 37.6 Å². The third kappa shape index (κ3) is 6.89. The summed E-state index contributed by atoms with van der Waals surface area (Å²) >= 11 is 8.35. The summed E-state index contributed by atoms with van der Waals surface area (Å²) in [5.41, 5.74) is -6.53. The van der Waals surface area contributed by atoms with E-state index in [0.717, 1.165) is 14.2 Å². The maximum atomic E-state index is 14.4. The number of nitrogens with one attached hydrogen (secondary N) is 1. The molecule has 1 heterocycles. The maximum absolute atomic E-state index is 14.4. The monoisotopic (exact) mass is 697 g/mol. The van der Waals surface area contributed by atoms with E-state index in [1.807, 2.05) is 5.32 Å². The third-order valence-corrected chi connectivity index (χ3v) is 7.00. The van der Waals surface area contributed by atoms with Crippen LogP contribution in [0.3, 0.4) is 0 Å². The van der Waals surface area contributed by atoms with Gasteiger partial charge < -0.3 is 19.7 Å². The number of esters is 1. The van der Waals surface area contributed by atoms with Gasteiger partial charge in [0.25, 0.3) is 5.91 Å². The predicted octanol–water partition coefficient (Wildman–Crippen LogP) is 6.37. The number of anilines is 1. The van der Waals surface area contributed by atoms with Gasteiger partial charge in [-0.3, -0.25) is 9.69 Å². The Morgan fingerprint density at radius 1 is 1.02 bits per heavy atom. The highest BCUT2D eigenvalue weighted by Gasteiger charge is 2.51. The van der Waals surface area contributed by atoms with Crippen molar-refractivity contribution in [3.8, 4) is 0 Å². The molecular weight excluding hydrogens is 681 g/mol. The van der Waals surface area contributed by atoms with Gasteiger partial charge in [-0.15, -0.1) is 0 Å². The van der Waals surface area contributed by atoms with E-state index in [1.165, 1.54) is 30.3 Å². The van der Waals surface area contributed by atoms with Crippen molar-refractivity contribution in [2.24, 2.45) is 0 Å². The molecule has 1 aliphatic heterocycles. The quantitative estimate of drug-likeness (QED) is 0.206. The first kappa shape index (κ1) is 33.3. The van der Waals surface area contributed by atoms with Crippen LogP contribution >= 0.6 is 27.5 Å². The number of carbonyl (C=O) groups is 2. The van der Waals surface area contributed by atoms with Crippen LogP contribution in [0.25, 0.3) is 0 Å². The van der Waals surface area contributed by atoms with Crippen molar-refractivity contribution < 1.29 is 58.6 Å². The molecule has 0 aliphatic carbocycles. The molecule has 0 fully saturated rings. The maximum Gasteiger partial charge on any atom is 0.432 e. The molecule has 0 radical (unpaired) electrons. The molecule has 2 aromatic rings. The highest BCUT2D eigenvalue weighted by molar-refractivity contribution is 9.10. The zero-order chi connectivity index (χ0) is 31.8. The van der Waals surface area contributed by atoms with E-state index < -0.39 is 81.5 Å². The number of carbonyl (C=O) groups excluding carboxylic acids is 2. The summed E-state index contributed by atoms with van der Waals surface area (Å²) < 4.78 is 135. The topological polar surface area (TPSA) is 71.1 Å². The van der Waals surface area contributed by atoms with Gasteiger partial charge in [0.2, 0.25) is 6.23 Å². The van der Waals surface area contributed by atoms with Crippen molar-refractivity contribution in [2.75, 3.05) is 19.1 Å². The molecule has 2 atom stereocenters. The molecule has 7 nitrogen and oxygen atoms in total. The second kappa shape index (κ2) is 12.2. The number of amides is 1. The van der Waals surface area contributed by atoms with E-state index in [9.17, 15) is 49.1 Å². The van der Waals surface area contributed by atoms with Gasteiger partial charge in [-0.1, -0.05) is 41.9 Å². The average molecular weight is 699 g/mol. The van der Waals surface area contributed by atoms with Crippen molar-refractivity contribution in [3.05, 3.63) is 74.4 Å². The second-order valence-electron chi connectivity index (χ2n) is 8.49. The first-order valence-corrected chi connectivity index (χ1v) is 12.4. The van der Waals surface area contributed by atoms with Gasteiger partial charge in [0, 0.05) is 13.7 Å². The number of hydrogen-bond donors (Lipinski definition) is 1. The van der Waals surface area contributed by atoms with E-state index in [4.69, 9.17) is 16.3 Å². The van der Waals surface area contributed by atoms with Crippen molar-refractivity contribution in [1.29, 1.82) is 0 Å². The smallest absolute Gasteiger partial charge is 0.432 e. The van der Waals surface area contributed by atoms with Gasteiger partial charge in [0.05, 0.1) is 28.4 Å². The normalized spacial score (nSPS) is 17.2. The Labute approximate surface area is 244 Å². The second-order valence-corrected chi connectivity index (χ2v) is 9.66. The summed E-state index contributed by atoms with van der Waals surface area (Å²) in [6.07, 6.45) is -20.8. The lowest BCUT2D eigenvalue weighted by molar-refractivity contribution is -0.155. The Morgan fingerprint density at radius 2 is 1.62 bits per heavy atom. The van der Waals surface area contributed by atoms with Crippen molar-refractivity contribution >= 4 is 45.1 Å². The van der Waals surface area contributed by atoms with Crippen LogP contribution in [0, 0.1) is 0 Å². The molecule has 1 N–H and O–H groups in total. The van der Waals surface area contributed by atoms with Crippen molar-refractivity contribution in [1.82, 2.24) is 10.2 Å². The number of methoxy groups -OCH3 is 2. The molecule has 0 spiro atoms. The predicted molar refractivity (Wildman–Crippen MR) is 132 cm³/mol. The molecule has 0 aromatic heterocycles. The van der Waals surface area contributed by atoms with Gasteiger partial charge in [-0.25, -0.2) is 4.79 Å². The Morgan fingerprint density at radius 3 is 2.10 bits per heavy atom. The Kier molecular flexibility index (Phi) is 9.68. The van der Waals surface area contributed by atoms with Crippen LogP contribution in [0.5, 0.6) is 0 Å². The SMILES string of the molecule is COC(=O)C(OC)N(c1cc(C(F)(F)F)cc(C(F)(F)F)c1Br)C1NC(=O)C(Cl)=C(C(F)(F)F)N1Cc1ccccc1. The number of ether oxygens (including phenoxy) is 2. The van der Waals surface area contributed by atoms with E-state index in [1.54, 1.807) is 0 Å². The minimum atomic E-state index is -5.42. The van der Waals surface area contributed by atoms with Crippen LogP contribution in [-0.2, 0) is 38.0 Å². The van der Waals surface area contributed by atoms with Gasteiger partial charge in [0.15, 0.2) is 6.29 Å². The number of allylic oxidation sites excluding steroid dienone is 1. The molecule has 1 aliphatic rings. The van der Waals surface area contributed by atoms with Crippen LogP contribution in [-0.4, -0.2) is 49.7 Å². The first-order valence-electron chi connectivity index (χ1n) is 11.3. The summed E-state index contributed by atoms with van der Waals surface area (Å²) in [4.78, 5) is 26.1. The van der Waals surface area contributed by atoms with Crippen LogP contribution in [0.15, 0.2) is 57.7 Å². The highest BCUT2D eigenvalue weighted by Crippen LogP contribution is 2.46. The van der Waals surface area contributed by atoms with Crippen LogP contribution in [0.1, 0.15) is 16.7 Å². The van der Waals surface area contributed by atoms with E-state index in [0.29, 0.717) is 4.90 Å². The number of benzene rings is 2. The largest absolute Gasteiger partial charge is 0.466 e. The zero-order valence-corrected chi connectivity index (χ0v) is 23.4. The van der Waals surface area contributed by atoms with Gasteiger partial charge in [-0.2, -0.15) is 39.5 Å². The molecule has 3 rings (SSSR count). The summed E-state index contributed by atoms with van der Waals surface area (Å²) in [5.74, 6) is -3.04. The molecule has 230 valence electrons. The Hall–Kier alpha value is -3.18. The van der Waals surface area contributed by atoms with Crippen LogP contribution in [0.4, 0.5) is 45.2 Å². The minimum absolute atomic E-state index is 0.147. The standard InChI is InChI=1S/C24H18BrClF9N3O4/c1-41-19(20(40)42-2)38(14-9-12(22(27,28)29)8-13(15(14)25)23(30,31)32)21-36-18(39)16(26)17(24(33,34)35)37(21)10-11-6-4-3-5-7-11/h3-9,19,21H,10H2,1-2H3,(H,36,39). The van der Waals surface area contributed by atoms with E-state index in [-0.39, 0.29) is 22.6 Å². The highest BCUT2D eigenvalue weighted by atomic mass is 79.9. The summed E-state index contributed by atoms with van der Waals surface area (Å²) in [6, 6.07) is 7.03. The fourth-order valence-corrected chi connectivity index (χ4v) is 4.97. The fourth-order valence-electron chi connectivity index (χ4n) is 4.04. The Bertz CT molecular complexity index is 1370. The molecule has 42 heavy (non-hydrogen) atoms. The molecule has 0 saturated carbocycles. The first-order chi connectivity index (χ1) is 19.3.